The second-order valence-electron chi connectivity index (χ2n) is 4.53. The van der Waals surface area contributed by atoms with Gasteiger partial charge in [0.05, 0.1) is 17.0 Å². The number of hydrogen-bond acceptors (Lipinski definition) is 3. The van der Waals surface area contributed by atoms with Crippen LogP contribution in [0.1, 0.15) is 29.4 Å². The summed E-state index contributed by atoms with van der Waals surface area (Å²) in [4.78, 5) is 3.97. The van der Waals surface area contributed by atoms with Gasteiger partial charge in [0.2, 0.25) is 0 Å². The summed E-state index contributed by atoms with van der Waals surface area (Å²) in [5, 5.41) is 19.4. The average Bonchev–Trinajstić information content (AvgIpc) is 2.49. The van der Waals surface area contributed by atoms with Crippen LogP contribution in [0.25, 0.3) is 0 Å². The van der Waals surface area contributed by atoms with Crippen molar-refractivity contribution in [1.29, 1.82) is 5.26 Å². The third-order valence-corrected chi connectivity index (χ3v) is 3.66. The van der Waals surface area contributed by atoms with Gasteiger partial charge >= 0.3 is 0 Å². The van der Waals surface area contributed by atoms with E-state index in [0.29, 0.717) is 11.4 Å². The van der Waals surface area contributed by atoms with Crippen LogP contribution in [-0.4, -0.2) is 16.7 Å². The van der Waals surface area contributed by atoms with Gasteiger partial charge in [-0.1, -0.05) is 41.9 Å². The molecule has 0 saturated heterocycles. The van der Waals surface area contributed by atoms with Gasteiger partial charge < -0.3 is 5.11 Å². The number of halogens is 1. The highest BCUT2D eigenvalue weighted by molar-refractivity contribution is 6.31. The summed E-state index contributed by atoms with van der Waals surface area (Å²) in [7, 11) is 0. The highest BCUT2D eigenvalue weighted by atomic mass is 35.5. The number of aliphatic hydroxyl groups excluding tert-OH is 1. The molecule has 0 bridgehead atoms. The van der Waals surface area contributed by atoms with Crippen molar-refractivity contribution in [3.63, 3.8) is 0 Å². The lowest BCUT2D eigenvalue weighted by Crippen LogP contribution is -2.12. The van der Waals surface area contributed by atoms with Crippen molar-refractivity contribution in [2.75, 3.05) is 6.61 Å². The Morgan fingerprint density at radius 1 is 1.25 bits per heavy atom. The van der Waals surface area contributed by atoms with Crippen LogP contribution in [0.15, 0.2) is 48.8 Å². The van der Waals surface area contributed by atoms with Gasteiger partial charge in [-0.2, -0.15) is 5.26 Å². The largest absolute Gasteiger partial charge is 0.396 e. The van der Waals surface area contributed by atoms with Gasteiger partial charge in [0.15, 0.2) is 0 Å². The first kappa shape index (κ1) is 14.5. The number of rotatable bonds is 5. The molecule has 0 unspecified atom stereocenters. The third-order valence-electron chi connectivity index (χ3n) is 3.34. The van der Waals surface area contributed by atoms with E-state index in [-0.39, 0.29) is 18.4 Å². The molecular weight excluding hydrogens is 272 g/mol. The Bertz CT molecular complexity index is 595. The monoisotopic (exact) mass is 286 g/mol. The Labute approximate surface area is 123 Å². The summed E-state index contributed by atoms with van der Waals surface area (Å²) < 4.78 is 0. The van der Waals surface area contributed by atoms with Crippen LogP contribution in [0.5, 0.6) is 0 Å². The summed E-state index contributed by atoms with van der Waals surface area (Å²) in [6.07, 6.45) is 3.71. The summed E-state index contributed by atoms with van der Waals surface area (Å²) in [5.41, 5.74) is 1.78. The SMILES string of the molecule is N#C[C@@H](c1ccccc1)[C@H](CCO)c1ccncc1Cl. The molecule has 0 saturated carbocycles. The number of aliphatic hydroxyl groups is 1. The lowest BCUT2D eigenvalue weighted by molar-refractivity contribution is 0.272. The summed E-state index contributed by atoms with van der Waals surface area (Å²) in [6, 6.07) is 13.7. The van der Waals surface area contributed by atoms with Gasteiger partial charge in [-0.3, -0.25) is 4.98 Å². The second-order valence-corrected chi connectivity index (χ2v) is 4.94. The highest BCUT2D eigenvalue weighted by Crippen LogP contribution is 2.37. The topological polar surface area (TPSA) is 56.9 Å². The van der Waals surface area contributed by atoms with Crippen LogP contribution >= 0.6 is 11.6 Å². The zero-order valence-corrected chi connectivity index (χ0v) is 11.7. The fraction of sp³-hybridized carbons (Fsp3) is 0.250. The van der Waals surface area contributed by atoms with E-state index in [4.69, 9.17) is 11.6 Å². The van der Waals surface area contributed by atoms with E-state index in [9.17, 15) is 10.4 Å². The number of aromatic nitrogens is 1. The molecule has 1 aromatic heterocycles. The van der Waals surface area contributed by atoms with E-state index < -0.39 is 0 Å². The van der Waals surface area contributed by atoms with E-state index in [0.717, 1.165) is 11.1 Å². The van der Waals surface area contributed by atoms with Gasteiger partial charge in [-0.15, -0.1) is 0 Å². The molecule has 3 nitrogen and oxygen atoms in total. The van der Waals surface area contributed by atoms with E-state index in [2.05, 4.69) is 11.1 Å². The standard InChI is InChI=1S/C16H15ClN2O/c17-16-11-19-8-6-14(16)13(7-9-20)15(10-18)12-4-2-1-3-5-12/h1-6,8,11,13,15,20H,7,9H2/t13-,15+/m1/s1. The van der Waals surface area contributed by atoms with E-state index in [1.54, 1.807) is 12.4 Å². The lowest BCUT2D eigenvalue weighted by atomic mass is 9.81. The molecule has 0 aliphatic heterocycles. The van der Waals surface area contributed by atoms with E-state index in [1.807, 2.05) is 36.4 Å². The molecule has 20 heavy (non-hydrogen) atoms. The second kappa shape index (κ2) is 7.04. The first-order valence-corrected chi connectivity index (χ1v) is 6.80. The summed E-state index contributed by atoms with van der Waals surface area (Å²) >= 11 is 6.19. The van der Waals surface area contributed by atoms with Gasteiger partial charge in [-0.05, 0) is 23.6 Å². The molecule has 1 heterocycles. The van der Waals surface area contributed by atoms with Crippen LogP contribution in [0.3, 0.4) is 0 Å². The lowest BCUT2D eigenvalue weighted by Gasteiger charge is -2.23. The van der Waals surface area contributed by atoms with Gasteiger partial charge in [0.1, 0.15) is 0 Å². The Morgan fingerprint density at radius 2 is 2.00 bits per heavy atom. The van der Waals surface area contributed by atoms with Gasteiger partial charge in [0, 0.05) is 24.9 Å². The molecule has 0 aliphatic carbocycles. The van der Waals surface area contributed by atoms with Crippen LogP contribution < -0.4 is 0 Å². The Morgan fingerprint density at radius 3 is 2.60 bits per heavy atom. The maximum Gasteiger partial charge on any atom is 0.0782 e. The third kappa shape index (κ3) is 3.16. The minimum absolute atomic E-state index is 0.00827. The molecule has 0 amide bonds. The summed E-state index contributed by atoms with van der Waals surface area (Å²) in [5.74, 6) is -0.494. The minimum Gasteiger partial charge on any atom is -0.396 e. The quantitative estimate of drug-likeness (QED) is 0.915. The van der Waals surface area contributed by atoms with E-state index in [1.165, 1.54) is 0 Å². The van der Waals surface area contributed by atoms with Crippen molar-refractivity contribution in [3.05, 3.63) is 64.9 Å². The average molecular weight is 287 g/mol. The predicted molar refractivity (Wildman–Crippen MR) is 78.5 cm³/mol. The van der Waals surface area contributed by atoms with Crippen molar-refractivity contribution in [1.82, 2.24) is 4.98 Å². The number of benzene rings is 1. The van der Waals surface area contributed by atoms with Crippen molar-refractivity contribution >= 4 is 11.6 Å². The molecule has 2 rings (SSSR count). The molecule has 102 valence electrons. The normalized spacial score (nSPS) is 13.4. The van der Waals surface area contributed by atoms with Crippen LogP contribution in [0, 0.1) is 11.3 Å². The van der Waals surface area contributed by atoms with Crippen molar-refractivity contribution in [2.24, 2.45) is 0 Å². The first-order valence-electron chi connectivity index (χ1n) is 6.42. The maximum absolute atomic E-state index is 9.54. The van der Waals surface area contributed by atoms with Gasteiger partial charge in [0.25, 0.3) is 0 Å². The highest BCUT2D eigenvalue weighted by Gasteiger charge is 2.26. The maximum atomic E-state index is 9.54. The number of nitrogens with zero attached hydrogens (tertiary/aromatic N) is 2. The predicted octanol–water partition coefficient (Wildman–Crippen LogP) is 3.51. The van der Waals surface area contributed by atoms with Crippen LogP contribution in [-0.2, 0) is 0 Å². The van der Waals surface area contributed by atoms with E-state index >= 15 is 0 Å². The van der Waals surface area contributed by atoms with Crippen molar-refractivity contribution < 1.29 is 5.11 Å². The molecule has 1 N–H and O–H groups in total. The smallest absolute Gasteiger partial charge is 0.0782 e. The Kier molecular flexibility index (Phi) is 5.11. The zero-order chi connectivity index (χ0) is 14.4. The Hall–Kier alpha value is -1.89. The van der Waals surface area contributed by atoms with Gasteiger partial charge in [-0.25, -0.2) is 0 Å². The number of hydrogen-bond donors (Lipinski definition) is 1. The zero-order valence-electron chi connectivity index (χ0n) is 10.9. The number of nitriles is 1. The fourth-order valence-corrected chi connectivity index (χ4v) is 2.64. The van der Waals surface area contributed by atoms with Crippen LogP contribution in [0.4, 0.5) is 0 Å². The summed E-state index contributed by atoms with van der Waals surface area (Å²) in [6.45, 7) is 0.00827. The van der Waals surface area contributed by atoms with Crippen molar-refractivity contribution in [2.45, 2.75) is 18.3 Å². The molecule has 2 aromatic rings. The molecule has 0 radical (unpaired) electrons. The van der Waals surface area contributed by atoms with Crippen molar-refractivity contribution in [3.8, 4) is 6.07 Å². The molecule has 0 spiro atoms. The Balaban J connectivity index is 2.42. The molecule has 2 atom stereocenters. The number of pyridine rings is 1. The fourth-order valence-electron chi connectivity index (χ4n) is 2.38. The first-order chi connectivity index (χ1) is 9.77. The molecule has 4 heteroatoms. The van der Waals surface area contributed by atoms with Crippen LogP contribution in [0.2, 0.25) is 5.02 Å². The molecule has 0 fully saturated rings. The molecule has 1 aromatic carbocycles. The molecule has 0 aliphatic rings. The minimum atomic E-state index is -0.344. The molecular formula is C16H15ClN2O.